The molecule has 2 rings (SSSR count). The summed E-state index contributed by atoms with van der Waals surface area (Å²) in [5.74, 6) is 0. The molecule has 1 heterocycles. The minimum absolute atomic E-state index is 0.370. The van der Waals surface area contributed by atoms with Crippen LogP contribution in [0.4, 0.5) is 0 Å². The average molecular weight is 224 g/mol. The summed E-state index contributed by atoms with van der Waals surface area (Å²) in [6.07, 6.45) is 3.37. The molecule has 15 heavy (non-hydrogen) atoms. The molecule has 1 aliphatic rings. The first-order chi connectivity index (χ1) is 7.25. The van der Waals surface area contributed by atoms with Crippen LogP contribution in [0, 0.1) is 0 Å². The Morgan fingerprint density at radius 1 is 1.33 bits per heavy atom. The van der Waals surface area contributed by atoms with Crippen LogP contribution in [0.3, 0.4) is 0 Å². The molecule has 1 aromatic rings. The van der Waals surface area contributed by atoms with Gasteiger partial charge in [-0.15, -0.1) is 11.6 Å². The number of halogens is 1. The van der Waals surface area contributed by atoms with E-state index in [9.17, 15) is 0 Å². The quantitative estimate of drug-likeness (QED) is 0.697. The Kier molecular flexibility index (Phi) is 3.66. The lowest BCUT2D eigenvalue weighted by Crippen LogP contribution is -2.41. The van der Waals surface area contributed by atoms with Crippen LogP contribution in [-0.4, -0.2) is 29.9 Å². The lowest BCUT2D eigenvalue weighted by Gasteiger charge is -2.35. The van der Waals surface area contributed by atoms with Crippen LogP contribution in [0.1, 0.15) is 18.4 Å². The Hall–Kier alpha value is -0.530. The third kappa shape index (κ3) is 2.96. The number of nitrogens with zero attached hydrogens (tertiary/aromatic N) is 1. The van der Waals surface area contributed by atoms with Gasteiger partial charge in [0.1, 0.15) is 0 Å². The van der Waals surface area contributed by atoms with Gasteiger partial charge in [-0.3, -0.25) is 0 Å². The molecule has 0 radical (unpaired) electrons. The summed E-state index contributed by atoms with van der Waals surface area (Å²) >= 11 is 6.22. The second-order valence-electron chi connectivity index (χ2n) is 4.45. The fraction of sp³-hybridized carbons (Fsp3) is 0.538. The van der Waals surface area contributed by atoms with E-state index < -0.39 is 0 Å². The molecular weight excluding hydrogens is 206 g/mol. The van der Waals surface area contributed by atoms with Gasteiger partial charge in [0.05, 0.1) is 0 Å². The molecule has 0 amide bonds. The van der Waals surface area contributed by atoms with E-state index in [4.69, 9.17) is 11.6 Å². The first-order valence-corrected chi connectivity index (χ1v) is 6.07. The minimum atomic E-state index is 0.370. The van der Waals surface area contributed by atoms with Crippen molar-refractivity contribution in [1.29, 1.82) is 0 Å². The van der Waals surface area contributed by atoms with Crippen molar-refractivity contribution >= 4 is 11.6 Å². The highest BCUT2D eigenvalue weighted by Crippen LogP contribution is 2.22. The highest BCUT2D eigenvalue weighted by Gasteiger charge is 2.24. The van der Waals surface area contributed by atoms with E-state index in [0.29, 0.717) is 11.4 Å². The summed E-state index contributed by atoms with van der Waals surface area (Å²) < 4.78 is 0. The van der Waals surface area contributed by atoms with Crippen molar-refractivity contribution in [3.8, 4) is 0 Å². The summed E-state index contributed by atoms with van der Waals surface area (Å²) in [6.45, 7) is 1.13. The summed E-state index contributed by atoms with van der Waals surface area (Å²) in [5, 5.41) is 0.370. The van der Waals surface area contributed by atoms with E-state index in [0.717, 1.165) is 25.8 Å². The molecule has 0 aromatic heterocycles. The van der Waals surface area contributed by atoms with E-state index in [-0.39, 0.29) is 0 Å². The highest BCUT2D eigenvalue weighted by molar-refractivity contribution is 6.20. The van der Waals surface area contributed by atoms with Gasteiger partial charge >= 0.3 is 0 Å². The number of alkyl halides is 1. The van der Waals surface area contributed by atoms with Crippen LogP contribution < -0.4 is 0 Å². The van der Waals surface area contributed by atoms with E-state index >= 15 is 0 Å². The number of benzene rings is 1. The molecule has 82 valence electrons. The molecule has 1 aliphatic heterocycles. The Bertz CT molecular complexity index is 299. The van der Waals surface area contributed by atoms with Crippen LogP contribution >= 0.6 is 11.6 Å². The van der Waals surface area contributed by atoms with Gasteiger partial charge < -0.3 is 4.90 Å². The normalized spacial score (nSPS) is 27.9. The SMILES string of the molecule is CN1CCC(Cl)CC1Cc1ccccc1. The highest BCUT2D eigenvalue weighted by atomic mass is 35.5. The molecular formula is C13H18ClN. The predicted molar refractivity (Wildman–Crippen MR) is 65.4 cm³/mol. The maximum absolute atomic E-state index is 6.22. The number of piperidine rings is 1. The van der Waals surface area contributed by atoms with Crippen LogP contribution in [0.25, 0.3) is 0 Å². The van der Waals surface area contributed by atoms with E-state index in [2.05, 4.69) is 42.3 Å². The van der Waals surface area contributed by atoms with Crippen molar-refractivity contribution in [2.24, 2.45) is 0 Å². The molecule has 0 bridgehead atoms. The zero-order valence-corrected chi connectivity index (χ0v) is 9.95. The molecule has 2 unspecified atom stereocenters. The molecule has 0 aliphatic carbocycles. The first kappa shape index (κ1) is 11.0. The van der Waals surface area contributed by atoms with E-state index in [1.165, 1.54) is 5.56 Å². The van der Waals surface area contributed by atoms with E-state index in [1.54, 1.807) is 0 Å². The van der Waals surface area contributed by atoms with Crippen molar-refractivity contribution in [2.75, 3.05) is 13.6 Å². The smallest absolute Gasteiger partial charge is 0.0363 e. The summed E-state index contributed by atoms with van der Waals surface area (Å²) in [6, 6.07) is 11.3. The number of likely N-dealkylation sites (tertiary alicyclic amines) is 1. The number of rotatable bonds is 2. The van der Waals surface area contributed by atoms with Gasteiger partial charge in [-0.25, -0.2) is 0 Å². The van der Waals surface area contributed by atoms with Crippen LogP contribution in [0.5, 0.6) is 0 Å². The monoisotopic (exact) mass is 223 g/mol. The lowest BCUT2D eigenvalue weighted by atomic mass is 9.96. The molecule has 0 N–H and O–H groups in total. The van der Waals surface area contributed by atoms with Crippen LogP contribution in [-0.2, 0) is 6.42 Å². The lowest BCUT2D eigenvalue weighted by molar-refractivity contribution is 0.187. The van der Waals surface area contributed by atoms with Gasteiger partial charge in [-0.2, -0.15) is 0 Å². The maximum atomic E-state index is 6.22. The van der Waals surface area contributed by atoms with Crippen molar-refractivity contribution in [3.05, 3.63) is 35.9 Å². The number of likely N-dealkylation sites (N-methyl/N-ethyl adjacent to an activating group) is 1. The second-order valence-corrected chi connectivity index (χ2v) is 5.06. The molecule has 1 aromatic carbocycles. The number of hydrogen-bond acceptors (Lipinski definition) is 1. The average Bonchev–Trinajstić information content (AvgIpc) is 2.25. The molecule has 2 heteroatoms. The van der Waals surface area contributed by atoms with Crippen molar-refractivity contribution in [1.82, 2.24) is 4.90 Å². The molecule has 1 saturated heterocycles. The van der Waals surface area contributed by atoms with Gasteiger partial charge in [-0.1, -0.05) is 30.3 Å². The maximum Gasteiger partial charge on any atom is 0.0363 e. The van der Waals surface area contributed by atoms with Crippen LogP contribution in [0.2, 0.25) is 0 Å². The summed E-state index contributed by atoms with van der Waals surface area (Å²) in [5.41, 5.74) is 1.42. The standard InChI is InChI=1S/C13H18ClN/c1-15-8-7-12(14)10-13(15)9-11-5-3-2-4-6-11/h2-6,12-13H,7-10H2,1H3. The third-order valence-corrected chi connectivity index (χ3v) is 3.66. The van der Waals surface area contributed by atoms with Gasteiger partial charge in [0.25, 0.3) is 0 Å². The summed E-state index contributed by atoms with van der Waals surface area (Å²) in [4.78, 5) is 2.44. The zero-order valence-electron chi connectivity index (χ0n) is 9.20. The third-order valence-electron chi connectivity index (χ3n) is 3.26. The Morgan fingerprint density at radius 3 is 2.80 bits per heavy atom. The Labute approximate surface area is 97.0 Å². The molecule has 1 nitrogen and oxygen atoms in total. The van der Waals surface area contributed by atoms with Gasteiger partial charge in [0.2, 0.25) is 0 Å². The second kappa shape index (κ2) is 5.00. The van der Waals surface area contributed by atoms with Gasteiger partial charge in [-0.05, 0) is 38.4 Å². The fourth-order valence-electron chi connectivity index (χ4n) is 2.24. The molecule has 1 fully saturated rings. The Balaban J connectivity index is 1.98. The van der Waals surface area contributed by atoms with Crippen molar-refractivity contribution in [2.45, 2.75) is 30.7 Å². The largest absolute Gasteiger partial charge is 0.303 e. The van der Waals surface area contributed by atoms with Crippen LogP contribution in [0.15, 0.2) is 30.3 Å². The minimum Gasteiger partial charge on any atom is -0.303 e. The topological polar surface area (TPSA) is 3.24 Å². The number of hydrogen-bond donors (Lipinski definition) is 0. The van der Waals surface area contributed by atoms with Crippen molar-refractivity contribution < 1.29 is 0 Å². The summed E-state index contributed by atoms with van der Waals surface area (Å²) in [7, 11) is 2.20. The van der Waals surface area contributed by atoms with Gasteiger partial charge in [0, 0.05) is 11.4 Å². The molecule has 0 saturated carbocycles. The fourth-order valence-corrected chi connectivity index (χ4v) is 2.55. The van der Waals surface area contributed by atoms with E-state index in [1.807, 2.05) is 0 Å². The van der Waals surface area contributed by atoms with Crippen molar-refractivity contribution in [3.63, 3.8) is 0 Å². The predicted octanol–water partition coefficient (Wildman–Crippen LogP) is 2.93. The molecule has 0 spiro atoms. The van der Waals surface area contributed by atoms with Gasteiger partial charge in [0.15, 0.2) is 0 Å². The molecule has 2 atom stereocenters. The first-order valence-electron chi connectivity index (χ1n) is 5.64. The zero-order chi connectivity index (χ0) is 10.7. The Morgan fingerprint density at radius 2 is 2.07 bits per heavy atom.